The molecule has 0 aliphatic rings. The molecule has 1 aromatic heterocycles. The minimum Gasteiger partial charge on any atom is -0.351 e. The lowest BCUT2D eigenvalue weighted by molar-refractivity contribution is -0.118. The first-order chi connectivity index (χ1) is 15.1. The summed E-state index contributed by atoms with van der Waals surface area (Å²) in [5, 5.41) is 13.0. The molecule has 156 valence electrons. The van der Waals surface area contributed by atoms with Crippen molar-refractivity contribution in [1.82, 2.24) is 20.1 Å². The first-order valence-corrected chi connectivity index (χ1v) is 11.2. The topological polar surface area (TPSA) is 59.8 Å². The van der Waals surface area contributed by atoms with Gasteiger partial charge >= 0.3 is 0 Å². The number of amides is 1. The van der Waals surface area contributed by atoms with Gasteiger partial charge in [-0.1, -0.05) is 71.4 Å². The van der Waals surface area contributed by atoms with Crippen LogP contribution in [0.25, 0.3) is 17.1 Å². The molecule has 7 heteroatoms. The number of thioether (sulfide) groups is 1. The van der Waals surface area contributed by atoms with Crippen LogP contribution in [-0.2, 0) is 11.3 Å². The molecule has 4 rings (SSSR count). The highest BCUT2D eigenvalue weighted by Crippen LogP contribution is 2.28. The maximum atomic E-state index is 12.4. The molecule has 0 saturated carbocycles. The molecule has 0 radical (unpaired) electrons. The molecule has 0 fully saturated rings. The third kappa shape index (κ3) is 5.34. The van der Waals surface area contributed by atoms with Crippen molar-refractivity contribution in [2.24, 2.45) is 0 Å². The molecule has 5 nitrogen and oxygen atoms in total. The van der Waals surface area contributed by atoms with Crippen molar-refractivity contribution < 1.29 is 4.79 Å². The SMILES string of the molecule is Cc1ccc(-n2c(SCC(=O)NCc3ccccc3)nnc2-c2ccc(Cl)cc2)cc1. The third-order valence-corrected chi connectivity index (χ3v) is 5.87. The zero-order valence-corrected chi connectivity index (χ0v) is 18.5. The average Bonchev–Trinajstić information content (AvgIpc) is 3.22. The van der Waals surface area contributed by atoms with Crippen LogP contribution in [0.1, 0.15) is 11.1 Å². The van der Waals surface area contributed by atoms with Crippen LogP contribution in [0.3, 0.4) is 0 Å². The van der Waals surface area contributed by atoms with Gasteiger partial charge in [0.2, 0.25) is 5.91 Å². The van der Waals surface area contributed by atoms with Crippen molar-refractivity contribution in [3.05, 3.63) is 95.0 Å². The Morgan fingerprint density at radius 1 is 0.968 bits per heavy atom. The molecule has 1 N–H and O–H groups in total. The molecule has 0 unspecified atom stereocenters. The number of aryl methyl sites for hydroxylation is 1. The standard InChI is InChI=1S/C24H21ClN4OS/c1-17-7-13-21(14-8-17)29-23(19-9-11-20(25)12-10-19)27-28-24(29)31-16-22(30)26-15-18-5-3-2-4-6-18/h2-14H,15-16H2,1H3,(H,26,30). The Morgan fingerprint density at radius 3 is 2.39 bits per heavy atom. The van der Waals surface area contributed by atoms with E-state index in [1.165, 1.54) is 17.3 Å². The Balaban J connectivity index is 1.55. The van der Waals surface area contributed by atoms with Gasteiger partial charge in [-0.05, 0) is 48.9 Å². The number of nitrogens with one attached hydrogen (secondary N) is 1. The van der Waals surface area contributed by atoms with Gasteiger partial charge in [0.05, 0.1) is 5.75 Å². The van der Waals surface area contributed by atoms with E-state index in [4.69, 9.17) is 11.6 Å². The summed E-state index contributed by atoms with van der Waals surface area (Å²) in [6.45, 7) is 2.55. The van der Waals surface area contributed by atoms with Gasteiger partial charge < -0.3 is 5.32 Å². The number of hydrogen-bond donors (Lipinski definition) is 1. The van der Waals surface area contributed by atoms with Gasteiger partial charge in [0.1, 0.15) is 0 Å². The average molecular weight is 449 g/mol. The Morgan fingerprint density at radius 2 is 1.68 bits per heavy atom. The van der Waals surface area contributed by atoms with E-state index < -0.39 is 0 Å². The number of carbonyl (C=O) groups excluding carboxylic acids is 1. The summed E-state index contributed by atoms with van der Waals surface area (Å²) in [7, 11) is 0. The minimum atomic E-state index is -0.0552. The van der Waals surface area contributed by atoms with Gasteiger partial charge in [-0.25, -0.2) is 0 Å². The number of carbonyl (C=O) groups is 1. The van der Waals surface area contributed by atoms with Crippen molar-refractivity contribution in [3.8, 4) is 17.1 Å². The molecular formula is C24H21ClN4OS. The van der Waals surface area contributed by atoms with E-state index in [0.29, 0.717) is 22.5 Å². The molecule has 3 aromatic carbocycles. The van der Waals surface area contributed by atoms with E-state index in [0.717, 1.165) is 16.8 Å². The summed E-state index contributed by atoms with van der Waals surface area (Å²) in [5.74, 6) is 0.894. The summed E-state index contributed by atoms with van der Waals surface area (Å²) >= 11 is 7.40. The van der Waals surface area contributed by atoms with Crippen LogP contribution in [0.5, 0.6) is 0 Å². The predicted molar refractivity (Wildman–Crippen MR) is 126 cm³/mol. The fourth-order valence-electron chi connectivity index (χ4n) is 3.05. The van der Waals surface area contributed by atoms with E-state index in [1.807, 2.05) is 90.4 Å². The highest BCUT2D eigenvalue weighted by molar-refractivity contribution is 7.99. The molecule has 0 bridgehead atoms. The molecule has 4 aromatic rings. The second kappa shape index (κ2) is 9.81. The largest absolute Gasteiger partial charge is 0.351 e. The normalized spacial score (nSPS) is 10.8. The van der Waals surface area contributed by atoms with Crippen molar-refractivity contribution >= 4 is 29.3 Å². The van der Waals surface area contributed by atoms with Crippen molar-refractivity contribution in [1.29, 1.82) is 0 Å². The maximum Gasteiger partial charge on any atom is 0.230 e. The molecule has 1 amide bonds. The lowest BCUT2D eigenvalue weighted by Gasteiger charge is -2.11. The predicted octanol–water partition coefficient (Wildman–Crippen LogP) is 5.30. The number of hydrogen-bond acceptors (Lipinski definition) is 4. The molecule has 0 aliphatic carbocycles. The maximum absolute atomic E-state index is 12.4. The van der Waals surface area contributed by atoms with Crippen LogP contribution in [0.15, 0.2) is 84.0 Å². The second-order valence-corrected chi connectivity index (χ2v) is 8.41. The number of halogens is 1. The Labute approximate surface area is 190 Å². The van der Waals surface area contributed by atoms with Crippen LogP contribution in [-0.4, -0.2) is 26.4 Å². The zero-order valence-electron chi connectivity index (χ0n) is 17.0. The Hall–Kier alpha value is -3.09. The molecule has 0 aliphatic heterocycles. The van der Waals surface area contributed by atoms with Crippen molar-refractivity contribution in [2.75, 3.05) is 5.75 Å². The molecule has 0 atom stereocenters. The van der Waals surface area contributed by atoms with Crippen molar-refractivity contribution in [2.45, 2.75) is 18.6 Å². The first kappa shape index (κ1) is 21.2. The highest BCUT2D eigenvalue weighted by atomic mass is 35.5. The van der Waals surface area contributed by atoms with Crippen LogP contribution in [0.2, 0.25) is 5.02 Å². The van der Waals surface area contributed by atoms with E-state index in [2.05, 4.69) is 15.5 Å². The van der Waals surface area contributed by atoms with Gasteiger partial charge in [0.15, 0.2) is 11.0 Å². The summed E-state index contributed by atoms with van der Waals surface area (Å²) in [6.07, 6.45) is 0. The number of aromatic nitrogens is 3. The number of rotatable bonds is 7. The highest BCUT2D eigenvalue weighted by Gasteiger charge is 2.17. The first-order valence-electron chi connectivity index (χ1n) is 9.82. The second-order valence-electron chi connectivity index (χ2n) is 7.04. The zero-order chi connectivity index (χ0) is 21.6. The number of nitrogens with zero attached hydrogens (tertiary/aromatic N) is 3. The fourth-order valence-corrected chi connectivity index (χ4v) is 3.96. The number of benzene rings is 3. The summed E-state index contributed by atoms with van der Waals surface area (Å²) < 4.78 is 1.97. The van der Waals surface area contributed by atoms with E-state index in [-0.39, 0.29) is 11.7 Å². The van der Waals surface area contributed by atoms with Crippen LogP contribution in [0.4, 0.5) is 0 Å². The lowest BCUT2D eigenvalue weighted by Crippen LogP contribution is -2.24. The van der Waals surface area contributed by atoms with Crippen molar-refractivity contribution in [3.63, 3.8) is 0 Å². The smallest absolute Gasteiger partial charge is 0.230 e. The van der Waals surface area contributed by atoms with Gasteiger partial charge in [0.25, 0.3) is 0 Å². The molecular weight excluding hydrogens is 428 g/mol. The molecule has 0 spiro atoms. The Kier molecular flexibility index (Phi) is 6.70. The van der Waals surface area contributed by atoms with E-state index in [1.54, 1.807) is 0 Å². The fraction of sp³-hybridized carbons (Fsp3) is 0.125. The molecule has 31 heavy (non-hydrogen) atoms. The van der Waals surface area contributed by atoms with Crippen LogP contribution < -0.4 is 5.32 Å². The van der Waals surface area contributed by atoms with E-state index in [9.17, 15) is 4.79 Å². The quantitative estimate of drug-likeness (QED) is 0.389. The van der Waals surface area contributed by atoms with Gasteiger partial charge in [-0.3, -0.25) is 9.36 Å². The summed E-state index contributed by atoms with van der Waals surface area (Å²) in [5.41, 5.74) is 4.07. The van der Waals surface area contributed by atoms with Gasteiger partial charge in [-0.2, -0.15) is 0 Å². The van der Waals surface area contributed by atoms with Gasteiger partial charge in [-0.15, -0.1) is 10.2 Å². The van der Waals surface area contributed by atoms with Crippen LogP contribution >= 0.6 is 23.4 Å². The summed E-state index contributed by atoms with van der Waals surface area (Å²) in [6, 6.07) is 25.5. The Bertz CT molecular complexity index is 1160. The van der Waals surface area contributed by atoms with E-state index >= 15 is 0 Å². The minimum absolute atomic E-state index is 0.0552. The van der Waals surface area contributed by atoms with Gasteiger partial charge in [0, 0.05) is 22.8 Å². The molecule has 0 saturated heterocycles. The molecule has 1 heterocycles. The summed E-state index contributed by atoms with van der Waals surface area (Å²) in [4.78, 5) is 12.4. The lowest BCUT2D eigenvalue weighted by atomic mass is 10.2. The van der Waals surface area contributed by atoms with Crippen LogP contribution in [0, 0.1) is 6.92 Å². The third-order valence-electron chi connectivity index (χ3n) is 4.69. The monoisotopic (exact) mass is 448 g/mol.